The summed E-state index contributed by atoms with van der Waals surface area (Å²) in [5, 5.41) is 0. The van der Waals surface area contributed by atoms with Crippen LogP contribution in [0.5, 0.6) is 0 Å². The van der Waals surface area contributed by atoms with Crippen molar-refractivity contribution in [2.24, 2.45) is 0 Å². The van der Waals surface area contributed by atoms with Crippen LogP contribution in [0, 0.1) is 0 Å². The van der Waals surface area contributed by atoms with Crippen LogP contribution in [0.4, 0.5) is 0 Å². The molecule has 0 atom stereocenters. The number of carbonyl (C=O) groups excluding carboxylic acids is 2. The third-order valence-corrected chi connectivity index (χ3v) is 2.82. The number of rotatable bonds is 9. The smallest absolute Gasteiger partial charge is 0.305 e. The molecule has 1 aromatic heterocycles. The second-order valence-electron chi connectivity index (χ2n) is 4.38. The summed E-state index contributed by atoms with van der Waals surface area (Å²) in [6.07, 6.45) is 7.89. The van der Waals surface area contributed by atoms with Gasteiger partial charge in [-0.1, -0.05) is 12.8 Å². The summed E-state index contributed by atoms with van der Waals surface area (Å²) >= 11 is 0. The average Bonchev–Trinajstić information content (AvgIpc) is 2.43. The molecular formula is C15H21NO3. The number of hydrogen-bond acceptors (Lipinski definition) is 4. The van der Waals surface area contributed by atoms with Crippen LogP contribution in [0.25, 0.3) is 0 Å². The van der Waals surface area contributed by atoms with E-state index in [2.05, 4.69) is 4.98 Å². The third-order valence-electron chi connectivity index (χ3n) is 2.82. The minimum absolute atomic E-state index is 0.131. The molecule has 4 nitrogen and oxygen atoms in total. The average molecular weight is 263 g/mol. The maximum absolute atomic E-state index is 11.8. The Morgan fingerprint density at radius 3 is 2.53 bits per heavy atom. The Kier molecular flexibility index (Phi) is 7.47. The SMILES string of the molecule is CCOC(=O)CCCCCCC(=O)c1cccnc1. The van der Waals surface area contributed by atoms with Crippen molar-refractivity contribution in [1.82, 2.24) is 4.98 Å². The molecule has 1 rings (SSSR count). The van der Waals surface area contributed by atoms with Gasteiger partial charge in [0.05, 0.1) is 6.61 Å². The molecule has 0 bridgehead atoms. The Hall–Kier alpha value is -1.71. The van der Waals surface area contributed by atoms with Crippen molar-refractivity contribution in [3.8, 4) is 0 Å². The fourth-order valence-electron chi connectivity index (χ4n) is 1.81. The standard InChI is InChI=1S/C15H21NO3/c1-2-19-15(18)10-6-4-3-5-9-14(17)13-8-7-11-16-12-13/h7-8,11-12H,2-6,9-10H2,1H3. The van der Waals surface area contributed by atoms with E-state index >= 15 is 0 Å². The lowest BCUT2D eigenvalue weighted by atomic mass is 10.1. The molecule has 0 aliphatic carbocycles. The van der Waals surface area contributed by atoms with Gasteiger partial charge in [-0.15, -0.1) is 0 Å². The Bertz CT molecular complexity index is 390. The van der Waals surface area contributed by atoms with E-state index in [9.17, 15) is 9.59 Å². The highest BCUT2D eigenvalue weighted by Crippen LogP contribution is 2.09. The van der Waals surface area contributed by atoms with E-state index in [1.807, 2.05) is 6.92 Å². The van der Waals surface area contributed by atoms with E-state index in [1.54, 1.807) is 24.5 Å². The van der Waals surface area contributed by atoms with Gasteiger partial charge in [0.25, 0.3) is 0 Å². The monoisotopic (exact) mass is 263 g/mol. The second kappa shape index (κ2) is 9.25. The van der Waals surface area contributed by atoms with Gasteiger partial charge in [0.15, 0.2) is 5.78 Å². The van der Waals surface area contributed by atoms with Crippen LogP contribution >= 0.6 is 0 Å². The molecule has 1 heterocycles. The van der Waals surface area contributed by atoms with Crippen molar-refractivity contribution < 1.29 is 14.3 Å². The number of ketones is 1. The normalized spacial score (nSPS) is 10.2. The lowest BCUT2D eigenvalue weighted by Gasteiger charge is -2.02. The van der Waals surface area contributed by atoms with Crippen molar-refractivity contribution in [3.05, 3.63) is 30.1 Å². The highest BCUT2D eigenvalue weighted by atomic mass is 16.5. The highest BCUT2D eigenvalue weighted by Gasteiger charge is 2.05. The third kappa shape index (κ3) is 6.70. The summed E-state index contributed by atoms with van der Waals surface area (Å²) in [5.41, 5.74) is 0.675. The van der Waals surface area contributed by atoms with Crippen LogP contribution in [0.2, 0.25) is 0 Å². The molecule has 0 aromatic carbocycles. The zero-order valence-electron chi connectivity index (χ0n) is 11.4. The molecule has 104 valence electrons. The molecule has 0 saturated heterocycles. The Labute approximate surface area is 114 Å². The Morgan fingerprint density at radius 2 is 1.89 bits per heavy atom. The lowest BCUT2D eigenvalue weighted by Crippen LogP contribution is -2.03. The first-order chi connectivity index (χ1) is 9.24. The van der Waals surface area contributed by atoms with Gasteiger partial charge in [0.2, 0.25) is 0 Å². The van der Waals surface area contributed by atoms with Gasteiger partial charge >= 0.3 is 5.97 Å². The zero-order valence-corrected chi connectivity index (χ0v) is 11.4. The van der Waals surface area contributed by atoms with Crippen LogP contribution in [0.1, 0.15) is 55.8 Å². The maximum atomic E-state index is 11.8. The first-order valence-electron chi connectivity index (χ1n) is 6.83. The summed E-state index contributed by atoms with van der Waals surface area (Å²) in [7, 11) is 0. The van der Waals surface area contributed by atoms with Crippen LogP contribution in [0.15, 0.2) is 24.5 Å². The number of pyridine rings is 1. The lowest BCUT2D eigenvalue weighted by molar-refractivity contribution is -0.143. The van der Waals surface area contributed by atoms with E-state index in [0.717, 1.165) is 25.7 Å². The maximum Gasteiger partial charge on any atom is 0.305 e. The van der Waals surface area contributed by atoms with Crippen molar-refractivity contribution in [2.75, 3.05) is 6.61 Å². The molecular weight excluding hydrogens is 242 g/mol. The predicted molar refractivity (Wildman–Crippen MR) is 72.9 cm³/mol. The Balaban J connectivity index is 2.05. The number of Topliss-reactive ketones (excluding diaryl/α,β-unsaturated/α-hetero) is 1. The summed E-state index contributed by atoms with van der Waals surface area (Å²) in [6.45, 7) is 2.25. The number of nitrogens with zero attached hydrogens (tertiary/aromatic N) is 1. The minimum atomic E-state index is -0.131. The van der Waals surface area contributed by atoms with Crippen LogP contribution in [0.3, 0.4) is 0 Å². The van der Waals surface area contributed by atoms with Crippen LogP contribution < -0.4 is 0 Å². The summed E-state index contributed by atoms with van der Waals surface area (Å²) < 4.78 is 4.84. The van der Waals surface area contributed by atoms with Crippen LogP contribution in [-0.2, 0) is 9.53 Å². The number of ether oxygens (including phenoxy) is 1. The van der Waals surface area contributed by atoms with E-state index in [1.165, 1.54) is 0 Å². The van der Waals surface area contributed by atoms with Crippen molar-refractivity contribution in [3.63, 3.8) is 0 Å². The van der Waals surface area contributed by atoms with Crippen molar-refractivity contribution >= 4 is 11.8 Å². The molecule has 0 aliphatic heterocycles. The molecule has 0 aliphatic rings. The van der Waals surface area contributed by atoms with E-state index in [-0.39, 0.29) is 11.8 Å². The number of carbonyl (C=O) groups is 2. The van der Waals surface area contributed by atoms with E-state index < -0.39 is 0 Å². The molecule has 0 N–H and O–H groups in total. The van der Waals surface area contributed by atoms with Crippen molar-refractivity contribution in [2.45, 2.75) is 45.4 Å². The van der Waals surface area contributed by atoms with E-state index in [0.29, 0.717) is 25.0 Å². The molecule has 0 saturated carbocycles. The minimum Gasteiger partial charge on any atom is -0.466 e. The fraction of sp³-hybridized carbons (Fsp3) is 0.533. The summed E-state index contributed by atoms with van der Waals surface area (Å²) in [6, 6.07) is 3.56. The van der Waals surface area contributed by atoms with Crippen molar-refractivity contribution in [1.29, 1.82) is 0 Å². The second-order valence-corrected chi connectivity index (χ2v) is 4.38. The molecule has 19 heavy (non-hydrogen) atoms. The zero-order chi connectivity index (χ0) is 13.9. The summed E-state index contributed by atoms with van der Waals surface area (Å²) in [4.78, 5) is 26.8. The first-order valence-corrected chi connectivity index (χ1v) is 6.83. The highest BCUT2D eigenvalue weighted by molar-refractivity contribution is 5.95. The van der Waals surface area contributed by atoms with E-state index in [4.69, 9.17) is 4.74 Å². The first kappa shape index (κ1) is 15.3. The van der Waals surface area contributed by atoms with Gasteiger partial charge in [-0.3, -0.25) is 14.6 Å². The number of hydrogen-bond donors (Lipinski definition) is 0. The van der Waals surface area contributed by atoms with Gasteiger partial charge in [0.1, 0.15) is 0 Å². The fourth-order valence-corrected chi connectivity index (χ4v) is 1.81. The molecule has 1 aromatic rings. The van der Waals surface area contributed by atoms with Crippen LogP contribution in [-0.4, -0.2) is 23.3 Å². The van der Waals surface area contributed by atoms with Gasteiger partial charge in [-0.25, -0.2) is 0 Å². The van der Waals surface area contributed by atoms with Gasteiger partial charge in [0, 0.05) is 30.8 Å². The molecule has 0 amide bonds. The predicted octanol–water partition coefficient (Wildman–Crippen LogP) is 3.17. The number of esters is 1. The summed E-state index contributed by atoms with van der Waals surface area (Å²) in [5.74, 6) is 0.00688. The molecule has 0 spiro atoms. The molecule has 0 fully saturated rings. The molecule has 0 unspecified atom stereocenters. The quantitative estimate of drug-likeness (QED) is 0.390. The molecule has 4 heteroatoms. The Morgan fingerprint density at radius 1 is 1.16 bits per heavy atom. The van der Waals surface area contributed by atoms with Gasteiger partial charge in [-0.2, -0.15) is 0 Å². The topological polar surface area (TPSA) is 56.3 Å². The van der Waals surface area contributed by atoms with Gasteiger partial charge in [-0.05, 0) is 31.9 Å². The number of unbranched alkanes of at least 4 members (excludes halogenated alkanes) is 3. The van der Waals surface area contributed by atoms with Gasteiger partial charge < -0.3 is 4.74 Å². The number of aromatic nitrogens is 1. The largest absolute Gasteiger partial charge is 0.466 e. The molecule has 0 radical (unpaired) electrons.